The fourth-order valence-electron chi connectivity index (χ4n) is 6.73. The van der Waals surface area contributed by atoms with Gasteiger partial charge in [0.25, 0.3) is 0 Å². The van der Waals surface area contributed by atoms with E-state index in [0.717, 1.165) is 16.9 Å². The third kappa shape index (κ3) is 6.57. The maximum absolute atomic E-state index is 12.8. The van der Waals surface area contributed by atoms with Crippen LogP contribution in [0.3, 0.4) is 0 Å². The summed E-state index contributed by atoms with van der Waals surface area (Å²) in [5, 5.41) is 2.93. The van der Waals surface area contributed by atoms with Gasteiger partial charge in [0.15, 0.2) is 0 Å². The summed E-state index contributed by atoms with van der Waals surface area (Å²) < 4.78 is 15.7. The van der Waals surface area contributed by atoms with Crippen LogP contribution in [0.25, 0.3) is 41.1 Å². The van der Waals surface area contributed by atoms with E-state index in [0.29, 0.717) is 11.8 Å². The van der Waals surface area contributed by atoms with Crippen LogP contribution in [0.1, 0.15) is 102 Å². The molecule has 0 saturated heterocycles. The van der Waals surface area contributed by atoms with E-state index in [-0.39, 0.29) is 0 Å². The molecule has 2 aromatic heterocycles. The number of hydrogen-bond acceptors (Lipinski definition) is 4. The van der Waals surface area contributed by atoms with Crippen molar-refractivity contribution in [2.75, 3.05) is 12.5 Å². The van der Waals surface area contributed by atoms with Crippen molar-refractivity contribution in [3.63, 3.8) is 0 Å². The predicted molar refractivity (Wildman–Crippen MR) is 197 cm³/mol. The van der Waals surface area contributed by atoms with Crippen molar-refractivity contribution in [2.45, 2.75) is 101 Å². The van der Waals surface area contributed by atoms with Crippen molar-refractivity contribution in [3.05, 3.63) is 71.8 Å². The van der Waals surface area contributed by atoms with Gasteiger partial charge < -0.3 is 0 Å². The molecule has 228 valence electrons. The SMILES string of the molecule is CCCCC(CC)c1c(C(CC)CCCC)c2cc(-c3ccccc3S(C)=O)sc2c2sc(-c3ccccc3SC)cc12. The molecule has 0 saturated carbocycles. The van der Waals surface area contributed by atoms with Crippen LogP contribution < -0.4 is 0 Å². The van der Waals surface area contributed by atoms with E-state index in [2.05, 4.69) is 82.5 Å². The Morgan fingerprint density at radius 1 is 0.721 bits per heavy atom. The Morgan fingerprint density at radius 3 is 1.70 bits per heavy atom. The summed E-state index contributed by atoms with van der Waals surface area (Å²) in [6.45, 7) is 9.44. The van der Waals surface area contributed by atoms with Crippen molar-refractivity contribution >= 4 is 65.4 Å². The number of unbranched alkanes of at least 4 members (excludes halogenated alkanes) is 2. The summed E-state index contributed by atoms with van der Waals surface area (Å²) in [6.07, 6.45) is 13.8. The molecule has 0 fully saturated rings. The van der Waals surface area contributed by atoms with Gasteiger partial charge in [0, 0.05) is 36.9 Å². The van der Waals surface area contributed by atoms with Gasteiger partial charge in [0.2, 0.25) is 0 Å². The molecule has 0 aliphatic rings. The molecule has 5 heteroatoms. The van der Waals surface area contributed by atoms with Crippen LogP contribution in [0.5, 0.6) is 0 Å². The minimum Gasteiger partial charge on any atom is -0.255 e. The standard InChI is InChI=1S/C38H46OS4/c1-7-11-17-25(9-3)35-29-23-32(27-19-13-15-21-31(27)40-5)41-37(29)38-30(36(35)26(10-4)18-12-8-2)24-33(42-38)28-20-14-16-22-34(28)43(6)39/h13-16,19-26H,7-12,17-18H2,1-6H3. The highest BCUT2D eigenvalue weighted by atomic mass is 32.2. The van der Waals surface area contributed by atoms with Crippen molar-refractivity contribution in [1.82, 2.24) is 0 Å². The number of thioether (sulfide) groups is 1. The second-order valence-electron chi connectivity index (χ2n) is 11.7. The number of benzene rings is 3. The van der Waals surface area contributed by atoms with E-state index < -0.39 is 10.8 Å². The van der Waals surface area contributed by atoms with E-state index in [1.54, 1.807) is 17.4 Å². The summed E-state index contributed by atoms with van der Waals surface area (Å²) in [4.78, 5) is 4.88. The summed E-state index contributed by atoms with van der Waals surface area (Å²) in [7, 11) is -1.04. The monoisotopic (exact) mass is 646 g/mol. The fourth-order valence-corrected chi connectivity index (χ4v) is 10.8. The lowest BCUT2D eigenvalue weighted by molar-refractivity contribution is 0.539. The highest BCUT2D eigenvalue weighted by Gasteiger charge is 2.28. The molecule has 0 N–H and O–H groups in total. The Hall–Kier alpha value is -1.92. The van der Waals surface area contributed by atoms with Crippen LogP contribution in [-0.2, 0) is 10.8 Å². The van der Waals surface area contributed by atoms with E-state index in [1.807, 2.05) is 46.6 Å². The largest absolute Gasteiger partial charge is 0.255 e. The number of fused-ring (bicyclic) bond motifs is 3. The molecule has 5 aromatic rings. The lowest BCUT2D eigenvalue weighted by Crippen LogP contribution is -2.08. The van der Waals surface area contributed by atoms with Crippen LogP contribution >= 0.6 is 34.4 Å². The fraction of sp³-hybridized carbons (Fsp3) is 0.421. The van der Waals surface area contributed by atoms with Crippen molar-refractivity contribution in [1.29, 1.82) is 0 Å². The van der Waals surface area contributed by atoms with Gasteiger partial charge in [-0.05, 0) is 89.9 Å². The Kier molecular flexibility index (Phi) is 11.3. The Balaban J connectivity index is 1.91. The first-order valence-electron chi connectivity index (χ1n) is 16.1. The van der Waals surface area contributed by atoms with Gasteiger partial charge in [0.1, 0.15) is 0 Å². The molecule has 3 unspecified atom stereocenters. The van der Waals surface area contributed by atoms with Gasteiger partial charge in [0.05, 0.1) is 20.2 Å². The van der Waals surface area contributed by atoms with Crippen molar-refractivity contribution in [2.24, 2.45) is 0 Å². The summed E-state index contributed by atoms with van der Waals surface area (Å²) in [6, 6.07) is 22.2. The van der Waals surface area contributed by atoms with Crippen molar-refractivity contribution in [3.8, 4) is 20.9 Å². The first-order valence-corrected chi connectivity index (χ1v) is 20.5. The van der Waals surface area contributed by atoms with Crippen molar-refractivity contribution < 1.29 is 4.21 Å². The van der Waals surface area contributed by atoms with Gasteiger partial charge >= 0.3 is 0 Å². The normalized spacial score (nSPS) is 14.0. The molecule has 1 nitrogen and oxygen atoms in total. The van der Waals surface area contributed by atoms with Gasteiger partial charge in [-0.2, -0.15) is 0 Å². The van der Waals surface area contributed by atoms with E-state index >= 15 is 0 Å². The van der Waals surface area contributed by atoms with E-state index in [4.69, 9.17) is 0 Å². The quantitative estimate of drug-likeness (QED) is 0.112. The first-order chi connectivity index (χ1) is 21.0. The molecule has 2 heterocycles. The topological polar surface area (TPSA) is 17.1 Å². The molecule has 43 heavy (non-hydrogen) atoms. The van der Waals surface area contributed by atoms with Gasteiger partial charge in [-0.1, -0.05) is 89.8 Å². The maximum Gasteiger partial charge on any atom is 0.0530 e. The first kappa shape index (κ1) is 32.5. The molecule has 0 aliphatic carbocycles. The summed E-state index contributed by atoms with van der Waals surface area (Å²) >= 11 is 5.73. The molecular formula is C38H46OS4. The Bertz CT molecular complexity index is 1710. The van der Waals surface area contributed by atoms with E-state index in [1.165, 1.54) is 85.3 Å². The van der Waals surface area contributed by atoms with Gasteiger partial charge in [-0.25, -0.2) is 0 Å². The number of thiophene rings is 2. The second kappa shape index (κ2) is 14.9. The molecule has 0 amide bonds. The average molecular weight is 647 g/mol. The minimum atomic E-state index is -1.04. The van der Waals surface area contributed by atoms with Gasteiger partial charge in [-0.3, -0.25) is 4.21 Å². The summed E-state index contributed by atoms with van der Waals surface area (Å²) in [5.74, 6) is 1.09. The predicted octanol–water partition coefficient (Wildman–Crippen LogP) is 13.3. The van der Waals surface area contributed by atoms with Crippen LogP contribution in [-0.4, -0.2) is 16.7 Å². The zero-order valence-corrected chi connectivity index (χ0v) is 29.9. The highest BCUT2D eigenvalue weighted by molar-refractivity contribution is 7.98. The average Bonchev–Trinajstić information content (AvgIpc) is 3.67. The lowest BCUT2D eigenvalue weighted by atomic mass is 9.78. The van der Waals surface area contributed by atoms with Gasteiger partial charge in [-0.15, -0.1) is 34.4 Å². The molecule has 0 spiro atoms. The Morgan fingerprint density at radius 2 is 1.21 bits per heavy atom. The molecule has 3 aromatic carbocycles. The van der Waals surface area contributed by atoms with Crippen LogP contribution in [0, 0.1) is 0 Å². The maximum atomic E-state index is 12.8. The zero-order valence-electron chi connectivity index (χ0n) is 26.6. The molecular weight excluding hydrogens is 601 g/mol. The number of hydrogen-bond donors (Lipinski definition) is 0. The van der Waals surface area contributed by atoms with E-state index in [9.17, 15) is 4.21 Å². The lowest BCUT2D eigenvalue weighted by Gasteiger charge is -2.26. The second-order valence-corrected chi connectivity index (χ2v) is 16.0. The Labute approximate surface area is 274 Å². The van der Waals surface area contributed by atoms with Crippen LogP contribution in [0.15, 0.2) is 70.5 Å². The highest BCUT2D eigenvalue weighted by Crippen LogP contribution is 2.52. The molecule has 0 radical (unpaired) electrons. The smallest absolute Gasteiger partial charge is 0.0530 e. The molecule has 3 atom stereocenters. The summed E-state index contributed by atoms with van der Waals surface area (Å²) in [5.41, 5.74) is 5.71. The van der Waals surface area contributed by atoms with Crippen LogP contribution in [0.2, 0.25) is 0 Å². The molecule has 0 bridgehead atoms. The third-order valence-electron chi connectivity index (χ3n) is 8.99. The molecule has 0 aliphatic heterocycles. The minimum absolute atomic E-state index is 0.539. The molecule has 5 rings (SSSR count). The zero-order chi connectivity index (χ0) is 30.5. The third-order valence-corrected chi connectivity index (χ3v) is 13.3. The number of rotatable bonds is 14. The van der Waals surface area contributed by atoms with Crippen LogP contribution in [0.4, 0.5) is 0 Å².